The highest BCUT2D eigenvalue weighted by Crippen LogP contribution is 2.29. The van der Waals surface area contributed by atoms with Crippen molar-refractivity contribution in [1.82, 2.24) is 9.80 Å². The van der Waals surface area contributed by atoms with Crippen molar-refractivity contribution in [2.45, 2.75) is 25.3 Å². The van der Waals surface area contributed by atoms with Gasteiger partial charge in [-0.25, -0.2) is 8.42 Å². The van der Waals surface area contributed by atoms with Gasteiger partial charge in [-0.1, -0.05) is 6.92 Å². The van der Waals surface area contributed by atoms with Gasteiger partial charge in [0.15, 0.2) is 9.84 Å². The zero-order chi connectivity index (χ0) is 13.2. The van der Waals surface area contributed by atoms with Crippen molar-refractivity contribution in [2.75, 3.05) is 50.8 Å². The molecule has 2 aliphatic heterocycles. The number of hydrogen-bond donors (Lipinski definition) is 1. The standard InChI is InChI=1S/C12H25N3O2S/c1-2-4-14-5-7-15(8-6-14)12(10-13)3-9-18(16,17)11-12/h2-11,13H2,1H3. The number of nitrogens with two attached hydrogens (primary N) is 1. The van der Waals surface area contributed by atoms with Gasteiger partial charge in [0.1, 0.15) is 0 Å². The summed E-state index contributed by atoms with van der Waals surface area (Å²) in [4.78, 5) is 4.77. The summed E-state index contributed by atoms with van der Waals surface area (Å²) in [6.45, 7) is 7.77. The van der Waals surface area contributed by atoms with E-state index in [4.69, 9.17) is 5.73 Å². The third kappa shape index (κ3) is 2.87. The van der Waals surface area contributed by atoms with Crippen LogP contribution in [0.15, 0.2) is 0 Å². The van der Waals surface area contributed by atoms with Gasteiger partial charge in [-0.05, 0) is 19.4 Å². The predicted octanol–water partition coefficient (Wildman–Crippen LogP) is -0.470. The highest BCUT2D eigenvalue weighted by atomic mass is 32.2. The summed E-state index contributed by atoms with van der Waals surface area (Å²) in [5.74, 6) is 0.559. The first-order valence-corrected chi connectivity index (χ1v) is 8.71. The molecule has 18 heavy (non-hydrogen) atoms. The van der Waals surface area contributed by atoms with Gasteiger partial charge in [0.25, 0.3) is 0 Å². The second-order valence-electron chi connectivity index (χ2n) is 5.60. The monoisotopic (exact) mass is 275 g/mol. The van der Waals surface area contributed by atoms with Crippen LogP contribution in [-0.4, -0.2) is 74.5 Å². The summed E-state index contributed by atoms with van der Waals surface area (Å²) < 4.78 is 23.4. The Hall–Kier alpha value is -0.170. The van der Waals surface area contributed by atoms with Crippen molar-refractivity contribution in [1.29, 1.82) is 0 Å². The van der Waals surface area contributed by atoms with E-state index in [-0.39, 0.29) is 11.3 Å². The molecule has 0 aromatic heterocycles. The molecular formula is C12H25N3O2S. The molecule has 0 aromatic carbocycles. The molecule has 0 amide bonds. The third-order valence-electron chi connectivity index (χ3n) is 4.33. The van der Waals surface area contributed by atoms with Crippen LogP contribution < -0.4 is 5.73 Å². The Labute approximate surface area is 110 Å². The summed E-state index contributed by atoms with van der Waals surface area (Å²) in [6, 6.07) is 0. The smallest absolute Gasteiger partial charge is 0.152 e. The molecular weight excluding hydrogens is 250 g/mol. The lowest BCUT2D eigenvalue weighted by molar-refractivity contribution is 0.0505. The van der Waals surface area contributed by atoms with E-state index in [1.54, 1.807) is 0 Å². The van der Waals surface area contributed by atoms with E-state index < -0.39 is 9.84 Å². The number of rotatable bonds is 4. The fraction of sp³-hybridized carbons (Fsp3) is 1.00. The highest BCUT2D eigenvalue weighted by molar-refractivity contribution is 7.91. The van der Waals surface area contributed by atoms with Crippen LogP contribution in [0.25, 0.3) is 0 Å². The topological polar surface area (TPSA) is 66.6 Å². The third-order valence-corrected chi connectivity index (χ3v) is 6.13. The maximum Gasteiger partial charge on any atom is 0.152 e. The van der Waals surface area contributed by atoms with Crippen molar-refractivity contribution in [3.05, 3.63) is 0 Å². The Morgan fingerprint density at radius 1 is 1.22 bits per heavy atom. The van der Waals surface area contributed by atoms with E-state index >= 15 is 0 Å². The molecule has 5 nitrogen and oxygen atoms in total. The van der Waals surface area contributed by atoms with Crippen molar-refractivity contribution < 1.29 is 8.42 Å². The molecule has 2 fully saturated rings. The summed E-state index contributed by atoms with van der Waals surface area (Å²) in [6.07, 6.45) is 1.88. The molecule has 0 spiro atoms. The zero-order valence-corrected chi connectivity index (χ0v) is 12.1. The number of piperazine rings is 1. The zero-order valence-electron chi connectivity index (χ0n) is 11.3. The minimum atomic E-state index is -2.87. The summed E-state index contributed by atoms with van der Waals surface area (Å²) >= 11 is 0. The number of hydrogen-bond acceptors (Lipinski definition) is 5. The van der Waals surface area contributed by atoms with E-state index in [1.807, 2.05) is 0 Å². The Morgan fingerprint density at radius 2 is 1.89 bits per heavy atom. The van der Waals surface area contributed by atoms with Crippen LogP contribution in [0.5, 0.6) is 0 Å². The minimum absolute atomic E-state index is 0.254. The second-order valence-corrected chi connectivity index (χ2v) is 7.78. The SMILES string of the molecule is CCCN1CCN(C2(CN)CCS(=O)(=O)C2)CC1. The van der Waals surface area contributed by atoms with E-state index in [1.165, 1.54) is 6.42 Å². The van der Waals surface area contributed by atoms with Crippen molar-refractivity contribution in [2.24, 2.45) is 5.73 Å². The Balaban J connectivity index is 1.99. The summed E-state index contributed by atoms with van der Waals surface area (Å²) in [5.41, 5.74) is 5.61. The molecule has 2 rings (SSSR count). The lowest BCUT2D eigenvalue weighted by Crippen LogP contribution is -2.61. The maximum atomic E-state index is 11.7. The predicted molar refractivity (Wildman–Crippen MR) is 73.4 cm³/mol. The average Bonchev–Trinajstić information content (AvgIpc) is 2.68. The average molecular weight is 275 g/mol. The molecule has 6 heteroatoms. The molecule has 0 aliphatic carbocycles. The van der Waals surface area contributed by atoms with Gasteiger partial charge in [0.2, 0.25) is 0 Å². The summed E-state index contributed by atoms with van der Waals surface area (Å²) in [7, 11) is -2.87. The van der Waals surface area contributed by atoms with E-state index in [0.717, 1.165) is 32.7 Å². The van der Waals surface area contributed by atoms with Crippen LogP contribution in [0.1, 0.15) is 19.8 Å². The normalized spacial score (nSPS) is 33.9. The molecule has 2 N–H and O–H groups in total. The Bertz CT molecular complexity index is 377. The van der Waals surface area contributed by atoms with Crippen molar-refractivity contribution in [3.8, 4) is 0 Å². The largest absolute Gasteiger partial charge is 0.329 e. The van der Waals surface area contributed by atoms with Gasteiger partial charge in [-0.15, -0.1) is 0 Å². The fourth-order valence-electron chi connectivity index (χ4n) is 3.20. The fourth-order valence-corrected chi connectivity index (χ4v) is 5.30. The lowest BCUT2D eigenvalue weighted by atomic mass is 9.95. The van der Waals surface area contributed by atoms with Gasteiger partial charge >= 0.3 is 0 Å². The minimum Gasteiger partial charge on any atom is -0.329 e. The first-order valence-electron chi connectivity index (χ1n) is 6.89. The Kier molecular flexibility index (Phi) is 4.31. The van der Waals surface area contributed by atoms with Crippen molar-refractivity contribution >= 4 is 9.84 Å². The van der Waals surface area contributed by atoms with Crippen LogP contribution in [0.3, 0.4) is 0 Å². The van der Waals surface area contributed by atoms with Crippen LogP contribution in [0.2, 0.25) is 0 Å². The first-order chi connectivity index (χ1) is 8.51. The first kappa shape index (κ1) is 14.2. The molecule has 1 unspecified atom stereocenters. The quantitative estimate of drug-likeness (QED) is 0.751. The molecule has 0 saturated carbocycles. The van der Waals surface area contributed by atoms with E-state index in [2.05, 4.69) is 16.7 Å². The second kappa shape index (κ2) is 5.45. The molecule has 2 saturated heterocycles. The van der Waals surface area contributed by atoms with Crippen molar-refractivity contribution in [3.63, 3.8) is 0 Å². The van der Waals surface area contributed by atoms with Gasteiger partial charge in [0.05, 0.1) is 11.5 Å². The highest BCUT2D eigenvalue weighted by Gasteiger charge is 2.46. The van der Waals surface area contributed by atoms with Crippen LogP contribution >= 0.6 is 0 Å². The Morgan fingerprint density at radius 3 is 2.33 bits per heavy atom. The van der Waals surface area contributed by atoms with Crippen LogP contribution in [0, 0.1) is 0 Å². The molecule has 1 atom stereocenters. The maximum absolute atomic E-state index is 11.7. The van der Waals surface area contributed by atoms with E-state index in [9.17, 15) is 8.42 Å². The number of sulfone groups is 1. The lowest BCUT2D eigenvalue weighted by Gasteiger charge is -2.44. The summed E-state index contributed by atoms with van der Waals surface area (Å²) in [5, 5.41) is 0. The molecule has 106 valence electrons. The van der Waals surface area contributed by atoms with Gasteiger partial charge in [-0.3, -0.25) is 4.90 Å². The molecule has 2 aliphatic rings. The van der Waals surface area contributed by atoms with Gasteiger partial charge in [0, 0.05) is 38.3 Å². The molecule has 2 heterocycles. The van der Waals surface area contributed by atoms with Crippen LogP contribution in [-0.2, 0) is 9.84 Å². The molecule has 0 aromatic rings. The van der Waals surface area contributed by atoms with Gasteiger partial charge in [-0.2, -0.15) is 0 Å². The van der Waals surface area contributed by atoms with Crippen LogP contribution in [0.4, 0.5) is 0 Å². The molecule has 0 bridgehead atoms. The van der Waals surface area contributed by atoms with Gasteiger partial charge < -0.3 is 10.6 Å². The number of nitrogens with zero attached hydrogens (tertiary/aromatic N) is 2. The molecule has 0 radical (unpaired) electrons. The van der Waals surface area contributed by atoms with E-state index in [0.29, 0.717) is 18.7 Å².